The van der Waals surface area contributed by atoms with E-state index in [1.54, 1.807) is 0 Å². The van der Waals surface area contributed by atoms with Gasteiger partial charge < -0.3 is 0 Å². The second-order valence-electron chi connectivity index (χ2n) is 10.1. The number of methoxy groups -OCH3 is 1. The van der Waals surface area contributed by atoms with E-state index in [2.05, 4.69) is 20.8 Å². The van der Waals surface area contributed by atoms with Gasteiger partial charge in [0.25, 0.3) is 0 Å². The summed E-state index contributed by atoms with van der Waals surface area (Å²) in [6, 6.07) is 19.0. The van der Waals surface area contributed by atoms with Crippen LogP contribution in [0.3, 0.4) is 0 Å². The second kappa shape index (κ2) is 9.19. The van der Waals surface area contributed by atoms with Crippen LogP contribution in [0.2, 0.25) is 9.63 Å². The molecule has 0 heterocycles. The Hall–Kier alpha value is -2.23. The molecule has 2 bridgehead atoms. The number of carbonyl (C=O) groups excluding carboxylic acids is 3. The summed E-state index contributed by atoms with van der Waals surface area (Å²) in [5, 5.41) is 0. The summed E-state index contributed by atoms with van der Waals surface area (Å²) in [4.78, 5) is 39.3. The third kappa shape index (κ3) is 4.11. The van der Waals surface area contributed by atoms with Crippen molar-refractivity contribution in [1.82, 2.24) is 0 Å². The average molecular weight is 512 g/mol. The molecule has 5 heteroatoms. The fourth-order valence-electron chi connectivity index (χ4n) is 5.79. The van der Waals surface area contributed by atoms with Crippen LogP contribution < -0.4 is 0 Å². The van der Waals surface area contributed by atoms with Crippen LogP contribution >= 0.6 is 0 Å². The monoisotopic (exact) mass is 512 g/mol. The zero-order valence-electron chi connectivity index (χ0n) is 19.7. The first-order chi connectivity index (χ1) is 15.7. The molecule has 0 saturated heterocycles. The van der Waals surface area contributed by atoms with E-state index in [0.29, 0.717) is 11.3 Å². The SMILES string of the molecule is COC(=O)[C@H]([Se][C@@H]1C(=O)[C@]2(C)CC[C@H]1C2(C)C)[C@@H](CC(=O)c1ccccc1)c1ccccc1. The number of rotatable bonds is 8. The van der Waals surface area contributed by atoms with E-state index in [-0.39, 0.29) is 60.6 Å². The van der Waals surface area contributed by atoms with Crippen LogP contribution in [-0.4, -0.2) is 39.6 Å². The van der Waals surface area contributed by atoms with Gasteiger partial charge in [0.15, 0.2) is 0 Å². The Morgan fingerprint density at radius 3 is 2.18 bits per heavy atom. The van der Waals surface area contributed by atoms with Gasteiger partial charge >= 0.3 is 203 Å². The van der Waals surface area contributed by atoms with E-state index in [1.165, 1.54) is 7.11 Å². The molecule has 0 radical (unpaired) electrons. The first-order valence-corrected chi connectivity index (χ1v) is 13.6. The maximum absolute atomic E-state index is 13.6. The molecule has 5 atom stereocenters. The maximum atomic E-state index is 13.6. The summed E-state index contributed by atoms with van der Waals surface area (Å²) in [6.07, 6.45) is 2.16. The second-order valence-corrected chi connectivity index (χ2v) is 12.8. The van der Waals surface area contributed by atoms with Crippen molar-refractivity contribution in [1.29, 1.82) is 0 Å². The van der Waals surface area contributed by atoms with Gasteiger partial charge in [-0.05, 0) is 0 Å². The van der Waals surface area contributed by atoms with E-state index in [0.717, 1.165) is 18.4 Å². The minimum absolute atomic E-state index is 0.000664. The van der Waals surface area contributed by atoms with Gasteiger partial charge in [0.05, 0.1) is 0 Å². The Bertz CT molecular complexity index is 1030. The van der Waals surface area contributed by atoms with Gasteiger partial charge in [0.2, 0.25) is 0 Å². The van der Waals surface area contributed by atoms with Crippen LogP contribution in [0.4, 0.5) is 0 Å². The third-order valence-electron chi connectivity index (χ3n) is 8.29. The molecule has 0 amide bonds. The molecule has 33 heavy (non-hydrogen) atoms. The predicted octanol–water partition coefficient (Wildman–Crippen LogP) is 5.52. The molecule has 0 unspecified atom stereocenters. The zero-order valence-corrected chi connectivity index (χ0v) is 21.5. The van der Waals surface area contributed by atoms with E-state index in [4.69, 9.17) is 4.74 Å². The normalized spacial score (nSPS) is 27.2. The van der Waals surface area contributed by atoms with Crippen molar-refractivity contribution in [3.05, 3.63) is 71.8 Å². The molecule has 4 rings (SSSR count). The number of Topliss-reactive ketones (excluding diaryl/α,β-unsaturated/α-hetero) is 2. The number of carbonyl (C=O) groups is 3. The van der Waals surface area contributed by atoms with Crippen LogP contribution in [0.15, 0.2) is 60.7 Å². The molecular weight excluding hydrogens is 479 g/mol. The topological polar surface area (TPSA) is 60.4 Å². The van der Waals surface area contributed by atoms with Gasteiger partial charge in [-0.15, -0.1) is 0 Å². The van der Waals surface area contributed by atoms with Crippen molar-refractivity contribution in [3.8, 4) is 0 Å². The Balaban J connectivity index is 1.68. The molecule has 0 aromatic heterocycles. The van der Waals surface area contributed by atoms with Crippen molar-refractivity contribution in [2.24, 2.45) is 16.7 Å². The Morgan fingerprint density at radius 1 is 1.03 bits per heavy atom. The molecule has 4 nitrogen and oxygen atoms in total. The number of benzene rings is 2. The quantitative estimate of drug-likeness (QED) is 0.266. The van der Waals surface area contributed by atoms with E-state index < -0.39 is 4.82 Å². The molecule has 0 spiro atoms. The molecule has 2 fully saturated rings. The first kappa shape index (κ1) is 23.9. The van der Waals surface area contributed by atoms with Gasteiger partial charge in [0, 0.05) is 0 Å². The standard InChI is InChI=1S/C28H32O4Se/c1-27(2)21-15-16-28(27,3)25(30)24(21)33-23(26(31)32-4)20(18-11-7-5-8-12-18)17-22(29)19-13-9-6-10-14-19/h5-14,20-21,23-24H,15-17H2,1-4H3/t20-,21+,23+,24-,28-/m0/s1. The minimum atomic E-state index is -0.495. The molecule has 0 aliphatic heterocycles. The summed E-state index contributed by atoms with van der Waals surface area (Å²) in [6.45, 7) is 6.52. The van der Waals surface area contributed by atoms with Crippen LogP contribution in [-0.2, 0) is 14.3 Å². The molecular formula is C28H32O4Se. The van der Waals surface area contributed by atoms with Gasteiger partial charge in [-0.25, -0.2) is 0 Å². The van der Waals surface area contributed by atoms with Crippen molar-refractivity contribution >= 4 is 32.5 Å². The van der Waals surface area contributed by atoms with Crippen molar-refractivity contribution < 1.29 is 19.1 Å². The van der Waals surface area contributed by atoms with Gasteiger partial charge in [0.1, 0.15) is 0 Å². The van der Waals surface area contributed by atoms with Crippen molar-refractivity contribution in [2.45, 2.75) is 55.6 Å². The zero-order chi connectivity index (χ0) is 23.8. The van der Waals surface area contributed by atoms with Crippen LogP contribution in [0, 0.1) is 16.7 Å². The van der Waals surface area contributed by atoms with Gasteiger partial charge in [-0.1, -0.05) is 0 Å². The Kier molecular flexibility index (Phi) is 6.66. The fraction of sp³-hybridized carbons (Fsp3) is 0.464. The van der Waals surface area contributed by atoms with Gasteiger partial charge in [-0.2, -0.15) is 0 Å². The summed E-state index contributed by atoms with van der Waals surface area (Å²) in [5.74, 6) is -0.0552. The first-order valence-electron chi connectivity index (χ1n) is 11.6. The number of fused-ring (bicyclic) bond motifs is 2. The average Bonchev–Trinajstić information content (AvgIpc) is 3.14. The van der Waals surface area contributed by atoms with E-state index >= 15 is 0 Å². The van der Waals surface area contributed by atoms with Crippen molar-refractivity contribution in [3.63, 3.8) is 0 Å². The number of hydrogen-bond acceptors (Lipinski definition) is 4. The molecule has 0 N–H and O–H groups in total. The van der Waals surface area contributed by atoms with E-state index in [9.17, 15) is 14.4 Å². The van der Waals surface area contributed by atoms with Crippen LogP contribution in [0.25, 0.3) is 0 Å². The fourth-order valence-corrected chi connectivity index (χ4v) is 10.0. The Labute approximate surface area is 202 Å². The number of esters is 1. The Morgan fingerprint density at radius 2 is 1.64 bits per heavy atom. The summed E-state index contributed by atoms with van der Waals surface area (Å²) in [5.41, 5.74) is 1.19. The molecule has 2 aromatic carbocycles. The molecule has 2 aliphatic rings. The summed E-state index contributed by atoms with van der Waals surface area (Å²) in [7, 11) is 1.40. The molecule has 2 aromatic rings. The third-order valence-corrected chi connectivity index (χ3v) is 11.8. The van der Waals surface area contributed by atoms with Gasteiger partial charge in [-0.3, -0.25) is 0 Å². The predicted molar refractivity (Wildman–Crippen MR) is 129 cm³/mol. The van der Waals surface area contributed by atoms with E-state index in [1.807, 2.05) is 60.7 Å². The van der Waals surface area contributed by atoms with Crippen LogP contribution in [0.5, 0.6) is 0 Å². The molecule has 174 valence electrons. The number of ketones is 2. The summed E-state index contributed by atoms with van der Waals surface area (Å²) >= 11 is -0.318. The van der Waals surface area contributed by atoms with Crippen LogP contribution in [0.1, 0.15) is 61.9 Å². The molecule has 2 saturated carbocycles. The molecule has 2 aliphatic carbocycles. The van der Waals surface area contributed by atoms with Crippen molar-refractivity contribution in [2.75, 3.05) is 7.11 Å². The number of ether oxygens (including phenoxy) is 1. The number of hydrogen-bond donors (Lipinski definition) is 0. The summed E-state index contributed by atoms with van der Waals surface area (Å²) < 4.78 is 5.26.